The number of hydrogen-bond acceptors (Lipinski definition) is 2. The number of hydrogen-bond donors (Lipinski definition) is 0. The molecule has 1 aliphatic carbocycles. The molecule has 1 aliphatic heterocycles. The van der Waals surface area contributed by atoms with Gasteiger partial charge in [0.1, 0.15) is 0 Å². The van der Waals surface area contributed by atoms with Crippen LogP contribution in [0.25, 0.3) is 0 Å². The van der Waals surface area contributed by atoms with Crippen LogP contribution in [0.5, 0.6) is 0 Å². The first-order valence-corrected chi connectivity index (χ1v) is 9.00. The Labute approximate surface area is 141 Å². The summed E-state index contributed by atoms with van der Waals surface area (Å²) in [5.41, 5.74) is 3.47. The van der Waals surface area contributed by atoms with Gasteiger partial charge in [-0.15, -0.1) is 0 Å². The lowest BCUT2D eigenvalue weighted by Gasteiger charge is -2.16. The van der Waals surface area contributed by atoms with E-state index in [0.29, 0.717) is 6.42 Å². The summed E-state index contributed by atoms with van der Waals surface area (Å²) < 4.78 is 5.99. The normalized spacial score (nSPS) is 38.2. The first-order chi connectivity index (χ1) is 10.8. The van der Waals surface area contributed by atoms with Gasteiger partial charge in [0.25, 0.3) is 0 Å². The number of carbonyl (C=O) groups is 1. The second-order valence-corrected chi connectivity index (χ2v) is 7.69. The molecule has 0 bridgehead atoms. The molecule has 0 aromatic heterocycles. The van der Waals surface area contributed by atoms with Crippen molar-refractivity contribution in [2.75, 3.05) is 0 Å². The number of carbonyl (C=O) groups excluding carboxylic acids is 1. The third-order valence-corrected chi connectivity index (χ3v) is 5.46. The van der Waals surface area contributed by atoms with Crippen LogP contribution in [0.15, 0.2) is 35.5 Å². The van der Waals surface area contributed by atoms with Crippen molar-refractivity contribution in [1.29, 1.82) is 0 Å². The molecule has 0 spiro atoms. The van der Waals surface area contributed by atoms with Crippen molar-refractivity contribution >= 4 is 5.78 Å². The second kappa shape index (κ2) is 7.61. The van der Waals surface area contributed by atoms with Gasteiger partial charge in [0.15, 0.2) is 5.78 Å². The molecule has 1 fully saturated rings. The van der Waals surface area contributed by atoms with E-state index in [0.717, 1.165) is 49.7 Å². The van der Waals surface area contributed by atoms with Gasteiger partial charge < -0.3 is 4.74 Å². The van der Waals surface area contributed by atoms with E-state index < -0.39 is 0 Å². The highest BCUT2D eigenvalue weighted by molar-refractivity contribution is 5.95. The van der Waals surface area contributed by atoms with E-state index in [1.807, 2.05) is 13.8 Å². The molecule has 128 valence electrons. The van der Waals surface area contributed by atoms with Crippen LogP contribution in [0.2, 0.25) is 0 Å². The lowest BCUT2D eigenvalue weighted by molar-refractivity contribution is -0.116. The van der Waals surface area contributed by atoms with Crippen LogP contribution < -0.4 is 0 Å². The summed E-state index contributed by atoms with van der Waals surface area (Å²) in [6, 6.07) is 0. The van der Waals surface area contributed by atoms with Crippen LogP contribution in [-0.2, 0) is 9.53 Å². The Morgan fingerprint density at radius 3 is 2.74 bits per heavy atom. The smallest absolute Gasteiger partial charge is 0.158 e. The van der Waals surface area contributed by atoms with Crippen LogP contribution in [0.1, 0.15) is 72.6 Å². The second-order valence-electron chi connectivity index (χ2n) is 7.69. The first-order valence-electron chi connectivity index (χ1n) is 9.00. The number of fused-ring (bicyclic) bond motifs is 1. The van der Waals surface area contributed by atoms with Crippen LogP contribution in [0.3, 0.4) is 0 Å². The van der Waals surface area contributed by atoms with Crippen molar-refractivity contribution in [2.45, 2.75) is 84.3 Å². The number of Topliss-reactive ketones (excluding diaryl/α,β-unsaturated/α-hetero) is 1. The van der Waals surface area contributed by atoms with Gasteiger partial charge in [0.05, 0.1) is 11.7 Å². The van der Waals surface area contributed by atoms with E-state index in [4.69, 9.17) is 4.74 Å². The summed E-state index contributed by atoms with van der Waals surface area (Å²) in [5, 5.41) is 0. The molecule has 2 nitrogen and oxygen atoms in total. The zero-order valence-corrected chi connectivity index (χ0v) is 15.3. The summed E-state index contributed by atoms with van der Waals surface area (Å²) in [7, 11) is 0. The maximum absolute atomic E-state index is 12.5. The highest BCUT2D eigenvalue weighted by Crippen LogP contribution is 2.45. The highest BCUT2D eigenvalue weighted by atomic mass is 16.6. The highest BCUT2D eigenvalue weighted by Gasteiger charge is 2.51. The number of ether oxygens (including phenoxy) is 1. The summed E-state index contributed by atoms with van der Waals surface area (Å²) >= 11 is 0. The van der Waals surface area contributed by atoms with Crippen molar-refractivity contribution in [3.63, 3.8) is 0 Å². The summed E-state index contributed by atoms with van der Waals surface area (Å²) in [4.78, 5) is 12.5. The summed E-state index contributed by atoms with van der Waals surface area (Å²) in [5.74, 6) is 0.502. The van der Waals surface area contributed by atoms with Crippen LogP contribution in [0.4, 0.5) is 0 Å². The molecule has 1 saturated heterocycles. The fourth-order valence-corrected chi connectivity index (χ4v) is 3.43. The van der Waals surface area contributed by atoms with Crippen molar-refractivity contribution in [2.24, 2.45) is 5.92 Å². The van der Waals surface area contributed by atoms with Gasteiger partial charge >= 0.3 is 0 Å². The van der Waals surface area contributed by atoms with E-state index in [1.54, 1.807) is 0 Å². The molecule has 0 aromatic carbocycles. The molecule has 2 rings (SSSR count). The Balaban J connectivity index is 2.11. The van der Waals surface area contributed by atoms with Gasteiger partial charge in [0, 0.05) is 6.42 Å². The maximum Gasteiger partial charge on any atom is 0.158 e. The Kier molecular flexibility index (Phi) is 6.02. The molecule has 23 heavy (non-hydrogen) atoms. The number of epoxide rings is 1. The van der Waals surface area contributed by atoms with Crippen molar-refractivity contribution in [3.8, 4) is 0 Å². The number of rotatable bonds is 1. The molecular formula is C21H32O2. The SMILES string of the molecule is C=C(C)[C@@H]1CC(=O)/C(C)=C\CCC/C(C)=C/CC[C@]2(C)O[C@@H]2C1. The van der Waals surface area contributed by atoms with Crippen LogP contribution >= 0.6 is 0 Å². The average Bonchev–Trinajstić information content (AvgIpc) is 3.11. The van der Waals surface area contributed by atoms with Crippen LogP contribution in [0, 0.1) is 5.92 Å². The Hall–Kier alpha value is -1.15. The lowest BCUT2D eigenvalue weighted by Crippen LogP contribution is -2.17. The molecule has 2 heteroatoms. The molecule has 0 aromatic rings. The van der Waals surface area contributed by atoms with Gasteiger partial charge in [-0.3, -0.25) is 4.79 Å². The quantitative estimate of drug-likeness (QED) is 0.469. The van der Waals surface area contributed by atoms with Gasteiger partial charge in [-0.05, 0) is 77.7 Å². The van der Waals surface area contributed by atoms with Gasteiger partial charge in [-0.1, -0.05) is 29.9 Å². The number of allylic oxidation sites excluding steroid dienone is 5. The molecule has 3 atom stereocenters. The minimum absolute atomic E-state index is 0.00140. The molecule has 0 saturated carbocycles. The summed E-state index contributed by atoms with van der Waals surface area (Å²) in [6.07, 6.45) is 11.6. The number of ketones is 1. The Bertz CT molecular complexity index is 526. The third kappa shape index (κ3) is 5.17. The zero-order chi connectivity index (χ0) is 17.0. The van der Waals surface area contributed by atoms with Gasteiger partial charge in [-0.25, -0.2) is 0 Å². The van der Waals surface area contributed by atoms with E-state index >= 15 is 0 Å². The molecule has 1 heterocycles. The lowest BCUT2D eigenvalue weighted by atomic mass is 9.86. The van der Waals surface area contributed by atoms with E-state index in [-0.39, 0.29) is 23.4 Å². The van der Waals surface area contributed by atoms with Crippen LogP contribution in [-0.4, -0.2) is 17.5 Å². The monoisotopic (exact) mass is 316 g/mol. The fraction of sp³-hybridized carbons (Fsp3) is 0.667. The standard InChI is InChI=1S/C21H32O2/c1-15(2)18-13-19(22)17(4)11-7-6-9-16(3)10-8-12-21(5)20(14-18)23-21/h10-11,18,20H,1,6-9,12-14H2,2-5H3/b16-10+,17-11-/t18-,20-,21+/m1/s1. The topological polar surface area (TPSA) is 29.6 Å². The molecule has 0 amide bonds. The molecule has 2 aliphatic rings. The molecule has 0 radical (unpaired) electrons. The molecular weight excluding hydrogens is 284 g/mol. The molecule has 0 unspecified atom stereocenters. The molecule has 0 N–H and O–H groups in total. The predicted molar refractivity (Wildman–Crippen MR) is 96.4 cm³/mol. The third-order valence-electron chi connectivity index (χ3n) is 5.46. The minimum Gasteiger partial charge on any atom is -0.366 e. The maximum atomic E-state index is 12.5. The largest absolute Gasteiger partial charge is 0.366 e. The zero-order valence-electron chi connectivity index (χ0n) is 15.3. The minimum atomic E-state index is -0.00140. The van der Waals surface area contributed by atoms with E-state index in [2.05, 4.69) is 32.6 Å². The van der Waals surface area contributed by atoms with Crippen molar-refractivity contribution < 1.29 is 9.53 Å². The predicted octanol–water partition coefficient (Wildman–Crippen LogP) is 5.54. The summed E-state index contributed by atoms with van der Waals surface area (Å²) in [6.45, 7) is 12.5. The van der Waals surface area contributed by atoms with E-state index in [9.17, 15) is 4.79 Å². The fourth-order valence-electron chi connectivity index (χ4n) is 3.43. The van der Waals surface area contributed by atoms with Crippen molar-refractivity contribution in [3.05, 3.63) is 35.5 Å². The average molecular weight is 316 g/mol. The van der Waals surface area contributed by atoms with Gasteiger partial charge in [-0.2, -0.15) is 0 Å². The first kappa shape index (κ1) is 18.2. The Morgan fingerprint density at radius 2 is 2.04 bits per heavy atom. The Morgan fingerprint density at radius 1 is 1.30 bits per heavy atom. The van der Waals surface area contributed by atoms with Gasteiger partial charge in [0.2, 0.25) is 0 Å². The van der Waals surface area contributed by atoms with Crippen molar-refractivity contribution in [1.82, 2.24) is 0 Å². The van der Waals surface area contributed by atoms with E-state index in [1.165, 1.54) is 5.57 Å².